The van der Waals surface area contributed by atoms with E-state index in [0.29, 0.717) is 18.5 Å². The number of aromatic hydroxyl groups is 1. The average Bonchev–Trinajstić information content (AvgIpc) is 3.08. The molecule has 5 amide bonds. The lowest BCUT2D eigenvalue weighted by Crippen LogP contribution is -2.56. The van der Waals surface area contributed by atoms with Gasteiger partial charge in [-0.05, 0) is 66.6 Å². The Balaban J connectivity index is 1.73. The predicted molar refractivity (Wildman–Crippen MR) is 184 cm³/mol. The molecule has 3 rings (SSSR count). The van der Waals surface area contributed by atoms with E-state index in [1.807, 2.05) is 24.3 Å². The first-order chi connectivity index (χ1) is 23.4. The molecule has 1 aliphatic rings. The van der Waals surface area contributed by atoms with E-state index >= 15 is 0 Å². The summed E-state index contributed by atoms with van der Waals surface area (Å²) in [5.74, 6) is -2.55. The van der Waals surface area contributed by atoms with E-state index in [4.69, 9.17) is 28.7 Å². The van der Waals surface area contributed by atoms with E-state index in [1.54, 1.807) is 12.1 Å². The molecule has 0 saturated carbocycles. The van der Waals surface area contributed by atoms with Gasteiger partial charge in [0, 0.05) is 39.0 Å². The molecule has 0 aliphatic carbocycles. The van der Waals surface area contributed by atoms with Crippen molar-refractivity contribution in [3.8, 4) is 16.9 Å². The predicted octanol–water partition coefficient (Wildman–Crippen LogP) is -3.06. The molecule has 0 aromatic heterocycles. The van der Waals surface area contributed by atoms with Crippen LogP contribution in [-0.4, -0.2) is 97.6 Å². The van der Waals surface area contributed by atoms with Gasteiger partial charge in [-0.25, -0.2) is 0 Å². The summed E-state index contributed by atoms with van der Waals surface area (Å²) in [6.45, 7) is 1.01. The Morgan fingerprint density at radius 1 is 0.816 bits per heavy atom. The van der Waals surface area contributed by atoms with Crippen LogP contribution in [0.5, 0.6) is 5.75 Å². The van der Waals surface area contributed by atoms with Gasteiger partial charge in [0.1, 0.15) is 17.8 Å². The summed E-state index contributed by atoms with van der Waals surface area (Å²) in [6.07, 6.45) is 1.05. The summed E-state index contributed by atoms with van der Waals surface area (Å²) in [7, 11) is 0. The number of phenolic OH excluding ortho intramolecular Hbond substituents is 1. The minimum Gasteiger partial charge on any atom is -0.508 e. The minimum absolute atomic E-state index is 0.00822. The third kappa shape index (κ3) is 12.1. The van der Waals surface area contributed by atoms with Crippen molar-refractivity contribution in [2.45, 2.75) is 68.7 Å². The highest BCUT2D eigenvalue weighted by atomic mass is 16.3. The zero-order valence-corrected chi connectivity index (χ0v) is 27.6. The number of fused-ring (bicyclic) bond motifs is 5. The molecule has 268 valence electrons. The van der Waals surface area contributed by atoms with E-state index < -0.39 is 53.8 Å². The van der Waals surface area contributed by atoms with Gasteiger partial charge in [-0.15, -0.1) is 0 Å². The molecule has 2 aromatic carbocycles. The van der Waals surface area contributed by atoms with Gasteiger partial charge in [0.15, 0.2) is 0 Å². The first-order valence-corrected chi connectivity index (χ1v) is 16.4. The van der Waals surface area contributed by atoms with Crippen LogP contribution in [0.15, 0.2) is 42.5 Å². The minimum atomic E-state index is -1.07. The monoisotopic (exact) mass is 682 g/mol. The number of benzene rings is 2. The average molecular weight is 683 g/mol. The highest BCUT2D eigenvalue weighted by Gasteiger charge is 2.29. The van der Waals surface area contributed by atoms with Crippen LogP contribution >= 0.6 is 0 Å². The molecule has 16 N–H and O–H groups in total. The zero-order chi connectivity index (χ0) is 35.9. The molecule has 5 atom stereocenters. The molecule has 49 heavy (non-hydrogen) atoms. The van der Waals surface area contributed by atoms with Crippen LogP contribution in [0, 0.1) is 0 Å². The Bertz CT molecular complexity index is 1460. The highest BCUT2D eigenvalue weighted by Crippen LogP contribution is 2.28. The number of nitrogens with two attached hydrogens (primary N) is 5. The van der Waals surface area contributed by atoms with Gasteiger partial charge < -0.3 is 60.4 Å². The summed E-state index contributed by atoms with van der Waals surface area (Å²) in [4.78, 5) is 64.5. The number of hydrogen-bond donors (Lipinski definition) is 11. The van der Waals surface area contributed by atoms with Gasteiger partial charge in [0.05, 0.1) is 18.1 Å². The SMILES string of the molecule is NCCC[C@@H]1NC(=O)C(N)Cc2cc(ccc2O)-c2cccc(c2)CC(C(=O)NCC[C@H](N)C(=O)NCC[C@H](N)C(=O)NCCN)NC1=O. The Morgan fingerprint density at radius 3 is 2.14 bits per heavy atom. The van der Waals surface area contributed by atoms with Crippen molar-refractivity contribution in [1.29, 1.82) is 0 Å². The summed E-state index contributed by atoms with van der Waals surface area (Å²) in [5.41, 5.74) is 31.9. The number of phenols is 1. The number of nitrogens with one attached hydrogen (secondary N) is 5. The Hall–Kier alpha value is -4.61. The second-order valence-electron chi connectivity index (χ2n) is 12.1. The molecular formula is C33H50N10O6. The van der Waals surface area contributed by atoms with Crippen LogP contribution in [0.3, 0.4) is 0 Å². The lowest BCUT2D eigenvalue weighted by molar-refractivity contribution is -0.132. The molecule has 16 nitrogen and oxygen atoms in total. The van der Waals surface area contributed by atoms with Gasteiger partial charge in [-0.2, -0.15) is 0 Å². The molecule has 2 aromatic rings. The van der Waals surface area contributed by atoms with Gasteiger partial charge in [-0.1, -0.05) is 30.3 Å². The maximum atomic E-state index is 13.5. The van der Waals surface area contributed by atoms with Crippen LogP contribution in [0.2, 0.25) is 0 Å². The Kier molecular flexibility index (Phi) is 15.4. The molecule has 0 radical (unpaired) electrons. The molecule has 4 bridgehead atoms. The summed E-state index contributed by atoms with van der Waals surface area (Å²) in [6, 6.07) is 7.52. The van der Waals surface area contributed by atoms with E-state index in [9.17, 15) is 29.1 Å². The smallest absolute Gasteiger partial charge is 0.243 e. The number of amides is 5. The normalized spacial score (nSPS) is 19.2. The lowest BCUT2D eigenvalue weighted by atomic mass is 9.96. The van der Waals surface area contributed by atoms with Crippen molar-refractivity contribution in [2.75, 3.05) is 32.7 Å². The van der Waals surface area contributed by atoms with E-state index in [-0.39, 0.29) is 69.9 Å². The number of hydrogen-bond acceptors (Lipinski definition) is 11. The van der Waals surface area contributed by atoms with Crippen molar-refractivity contribution in [2.24, 2.45) is 28.7 Å². The Labute approximate surface area is 285 Å². The number of rotatable bonds is 14. The summed E-state index contributed by atoms with van der Waals surface area (Å²) >= 11 is 0. The van der Waals surface area contributed by atoms with Gasteiger partial charge >= 0.3 is 0 Å². The third-order valence-corrected chi connectivity index (χ3v) is 8.15. The van der Waals surface area contributed by atoms with Crippen LogP contribution in [-0.2, 0) is 36.8 Å². The van der Waals surface area contributed by atoms with E-state index in [1.165, 1.54) is 6.07 Å². The van der Waals surface area contributed by atoms with E-state index in [2.05, 4.69) is 26.6 Å². The first-order valence-electron chi connectivity index (χ1n) is 16.4. The molecule has 0 fully saturated rings. The molecule has 1 heterocycles. The topological polar surface area (TPSA) is 296 Å². The summed E-state index contributed by atoms with van der Waals surface area (Å²) < 4.78 is 0. The van der Waals surface area contributed by atoms with Crippen molar-refractivity contribution < 1.29 is 29.1 Å². The van der Waals surface area contributed by atoms with Crippen molar-refractivity contribution in [1.82, 2.24) is 26.6 Å². The quantitative estimate of drug-likeness (QED) is 0.0950. The van der Waals surface area contributed by atoms with Crippen LogP contribution in [0.1, 0.15) is 36.8 Å². The zero-order valence-electron chi connectivity index (χ0n) is 27.6. The fourth-order valence-corrected chi connectivity index (χ4v) is 5.27. The molecule has 2 unspecified atom stereocenters. The maximum Gasteiger partial charge on any atom is 0.243 e. The molecule has 1 aliphatic heterocycles. The van der Waals surface area contributed by atoms with Crippen LogP contribution < -0.4 is 55.3 Å². The molecular weight excluding hydrogens is 632 g/mol. The molecule has 16 heteroatoms. The largest absolute Gasteiger partial charge is 0.508 e. The van der Waals surface area contributed by atoms with Crippen molar-refractivity contribution in [3.63, 3.8) is 0 Å². The molecule has 0 saturated heterocycles. The summed E-state index contributed by atoms with van der Waals surface area (Å²) in [5, 5.41) is 23.9. The fraction of sp³-hybridized carbons (Fsp3) is 0.485. The molecule has 0 spiro atoms. The third-order valence-electron chi connectivity index (χ3n) is 8.15. The van der Waals surface area contributed by atoms with Crippen LogP contribution in [0.25, 0.3) is 11.1 Å². The van der Waals surface area contributed by atoms with Gasteiger partial charge in [-0.3, -0.25) is 24.0 Å². The van der Waals surface area contributed by atoms with Crippen LogP contribution in [0.4, 0.5) is 0 Å². The Morgan fingerprint density at radius 2 is 1.47 bits per heavy atom. The maximum absolute atomic E-state index is 13.5. The van der Waals surface area contributed by atoms with E-state index in [0.717, 1.165) is 16.7 Å². The first kappa shape index (κ1) is 38.8. The van der Waals surface area contributed by atoms with Gasteiger partial charge in [0.25, 0.3) is 0 Å². The van der Waals surface area contributed by atoms with Crippen molar-refractivity contribution in [3.05, 3.63) is 53.6 Å². The number of carbonyl (C=O) groups excluding carboxylic acids is 5. The van der Waals surface area contributed by atoms with Gasteiger partial charge in [0.2, 0.25) is 29.5 Å². The highest BCUT2D eigenvalue weighted by molar-refractivity contribution is 5.93. The fourth-order valence-electron chi connectivity index (χ4n) is 5.27. The number of carbonyl (C=O) groups is 5. The standard InChI is InChI=1S/C33H50N10O6/c34-10-2-5-26-33(49)43-27(32(48)40-13-9-23(36)29(45)39-12-8-24(37)30(46)41-14-11-35)16-19-3-1-4-20(15-19)21-6-7-28(44)22(17-21)18-25(38)31(47)42-26/h1,3-4,6-7,15,17,23-27,44H,2,5,8-14,16,18,34-38H2,(H,39,45)(H,40,48)(H,41,46)(H,42,47)(H,43,49)/t23-,24-,25?,26-,27?/m0/s1. The second-order valence-corrected chi connectivity index (χ2v) is 12.1. The second kappa shape index (κ2) is 19.4. The van der Waals surface area contributed by atoms with Crippen molar-refractivity contribution >= 4 is 29.5 Å². The lowest BCUT2D eigenvalue weighted by Gasteiger charge is -2.24.